The van der Waals surface area contributed by atoms with Crippen molar-refractivity contribution >= 4 is 7.82 Å². The Morgan fingerprint density at radius 3 is 1.95 bits per heavy atom. The van der Waals surface area contributed by atoms with Gasteiger partial charge < -0.3 is 9.79 Å². The predicted octanol–water partition coefficient (Wildman–Crippen LogP) is 4.51. The van der Waals surface area contributed by atoms with Crippen LogP contribution in [0.25, 0.3) is 0 Å². The molecule has 0 aromatic rings. The van der Waals surface area contributed by atoms with Crippen LogP contribution >= 0.6 is 7.82 Å². The second kappa shape index (κ2) is 10.1. The predicted molar refractivity (Wildman–Crippen MR) is 83.4 cm³/mol. The van der Waals surface area contributed by atoms with Crippen LogP contribution in [-0.4, -0.2) is 16.4 Å². The van der Waals surface area contributed by atoms with Gasteiger partial charge in [0.05, 0.1) is 6.61 Å². The van der Waals surface area contributed by atoms with E-state index in [9.17, 15) is 4.57 Å². The summed E-state index contributed by atoms with van der Waals surface area (Å²) in [6.07, 6.45) is 10.2. The average molecular weight is 302 g/mol. The molecule has 0 aliphatic rings. The monoisotopic (exact) mass is 302 g/mol. The molecule has 0 bridgehead atoms. The van der Waals surface area contributed by atoms with Crippen molar-refractivity contribution in [1.82, 2.24) is 0 Å². The lowest BCUT2D eigenvalue weighted by Gasteiger charge is -2.03. The largest absolute Gasteiger partial charge is 0.469 e. The summed E-state index contributed by atoms with van der Waals surface area (Å²) in [5, 5.41) is 0. The fourth-order valence-corrected chi connectivity index (χ4v) is 1.88. The Hall–Kier alpha value is -0.670. The lowest BCUT2D eigenvalue weighted by molar-refractivity contribution is 0.215. The maximum absolute atomic E-state index is 10.5. The van der Waals surface area contributed by atoms with Crippen LogP contribution in [0.2, 0.25) is 0 Å². The molecule has 2 N–H and O–H groups in total. The van der Waals surface area contributed by atoms with Gasteiger partial charge in [-0.15, -0.1) is 0 Å². The molecule has 116 valence electrons. The number of phosphoric acid groups is 1. The molecule has 0 atom stereocenters. The van der Waals surface area contributed by atoms with Gasteiger partial charge in [-0.25, -0.2) is 4.57 Å². The molecule has 0 unspecified atom stereocenters. The molecule has 5 heteroatoms. The summed E-state index contributed by atoms with van der Waals surface area (Å²) in [5.41, 5.74) is 3.80. The summed E-state index contributed by atoms with van der Waals surface area (Å²) in [7, 11) is -4.35. The van der Waals surface area contributed by atoms with Crippen molar-refractivity contribution in [1.29, 1.82) is 0 Å². The Kier molecular flexibility index (Phi) is 9.78. The minimum absolute atomic E-state index is 0.0423. The lowest BCUT2D eigenvalue weighted by Crippen LogP contribution is -1.89. The van der Waals surface area contributed by atoms with E-state index >= 15 is 0 Å². The molecule has 0 fully saturated rings. The highest BCUT2D eigenvalue weighted by Crippen LogP contribution is 2.35. The number of hydrogen-bond donors (Lipinski definition) is 2. The van der Waals surface area contributed by atoms with E-state index < -0.39 is 7.82 Å². The highest BCUT2D eigenvalue weighted by molar-refractivity contribution is 7.46. The Morgan fingerprint density at radius 1 is 0.950 bits per heavy atom. The molecule has 0 saturated carbocycles. The summed E-state index contributed by atoms with van der Waals surface area (Å²) in [4.78, 5) is 17.1. The summed E-state index contributed by atoms with van der Waals surface area (Å²) in [6, 6.07) is 0. The zero-order valence-corrected chi connectivity index (χ0v) is 13.8. The van der Waals surface area contributed by atoms with Gasteiger partial charge in [0.1, 0.15) is 0 Å². The number of allylic oxidation sites excluding steroid dienone is 5. The van der Waals surface area contributed by atoms with Crippen LogP contribution in [0.15, 0.2) is 34.9 Å². The Bertz CT molecular complexity index is 412. The summed E-state index contributed by atoms with van der Waals surface area (Å²) >= 11 is 0. The molecule has 0 aliphatic carbocycles. The molecule has 0 spiro atoms. The molecule has 4 nitrogen and oxygen atoms in total. The first-order valence-electron chi connectivity index (χ1n) is 6.85. The first-order chi connectivity index (χ1) is 9.20. The van der Waals surface area contributed by atoms with Gasteiger partial charge in [0.2, 0.25) is 0 Å². The van der Waals surface area contributed by atoms with Gasteiger partial charge in [0.15, 0.2) is 0 Å². The zero-order valence-electron chi connectivity index (χ0n) is 12.9. The van der Waals surface area contributed by atoms with Gasteiger partial charge in [-0.05, 0) is 53.4 Å². The maximum atomic E-state index is 10.5. The third-order valence-corrected chi connectivity index (χ3v) is 3.28. The SMILES string of the molecule is CC(C)=CCCC(C)=CCCC(C)=CCOP(=O)(O)O. The standard InChI is InChI=1S/C15H27O4P/c1-13(2)7-5-8-14(3)9-6-10-15(4)11-12-19-20(16,17)18/h7,9,11H,5-6,8,10,12H2,1-4H3,(H2,16,17,18). The first kappa shape index (κ1) is 19.3. The quantitative estimate of drug-likeness (QED) is 0.485. The molecule has 0 aromatic carbocycles. The van der Waals surface area contributed by atoms with Crippen molar-refractivity contribution in [3.63, 3.8) is 0 Å². The van der Waals surface area contributed by atoms with Crippen LogP contribution < -0.4 is 0 Å². The van der Waals surface area contributed by atoms with E-state index in [2.05, 4.69) is 37.4 Å². The summed E-state index contributed by atoms with van der Waals surface area (Å²) in [6.45, 7) is 8.24. The van der Waals surface area contributed by atoms with Crippen molar-refractivity contribution in [3.8, 4) is 0 Å². The van der Waals surface area contributed by atoms with E-state index in [1.165, 1.54) is 11.1 Å². The molecule has 0 aliphatic heterocycles. The van der Waals surface area contributed by atoms with E-state index in [0.717, 1.165) is 31.3 Å². The second-order valence-corrected chi connectivity index (χ2v) is 6.49. The lowest BCUT2D eigenvalue weighted by atomic mass is 10.1. The summed E-state index contributed by atoms with van der Waals surface area (Å²) in [5.74, 6) is 0. The second-order valence-electron chi connectivity index (χ2n) is 5.25. The minimum atomic E-state index is -4.35. The molecule has 0 aromatic heterocycles. The molecular formula is C15H27O4P. The topological polar surface area (TPSA) is 66.8 Å². The normalized spacial score (nSPS) is 13.5. The third kappa shape index (κ3) is 13.8. The average Bonchev–Trinajstić information content (AvgIpc) is 2.26. The van der Waals surface area contributed by atoms with Gasteiger partial charge >= 0.3 is 7.82 Å². The Balaban J connectivity index is 3.94. The third-order valence-electron chi connectivity index (χ3n) is 2.80. The van der Waals surface area contributed by atoms with E-state index in [0.29, 0.717) is 0 Å². The van der Waals surface area contributed by atoms with Crippen molar-refractivity contribution < 1.29 is 18.9 Å². The van der Waals surface area contributed by atoms with E-state index in [1.54, 1.807) is 6.08 Å². The van der Waals surface area contributed by atoms with E-state index in [4.69, 9.17) is 9.79 Å². The van der Waals surface area contributed by atoms with Gasteiger partial charge in [-0.2, -0.15) is 0 Å². The number of phosphoric ester groups is 1. The van der Waals surface area contributed by atoms with Gasteiger partial charge in [0, 0.05) is 0 Å². The zero-order chi connectivity index (χ0) is 15.6. The fourth-order valence-electron chi connectivity index (χ4n) is 1.62. The van der Waals surface area contributed by atoms with Crippen molar-refractivity contribution in [2.75, 3.05) is 6.61 Å². The molecule has 0 rings (SSSR count). The smallest absolute Gasteiger partial charge is 0.303 e. The summed E-state index contributed by atoms with van der Waals surface area (Å²) < 4.78 is 14.9. The highest BCUT2D eigenvalue weighted by Gasteiger charge is 2.11. The minimum Gasteiger partial charge on any atom is -0.303 e. The van der Waals surface area contributed by atoms with Crippen molar-refractivity contribution in [2.24, 2.45) is 0 Å². The van der Waals surface area contributed by atoms with E-state index in [-0.39, 0.29) is 6.61 Å². The van der Waals surface area contributed by atoms with Crippen LogP contribution in [0.4, 0.5) is 0 Å². The van der Waals surface area contributed by atoms with Crippen LogP contribution in [0.1, 0.15) is 53.4 Å². The molecular weight excluding hydrogens is 275 g/mol. The van der Waals surface area contributed by atoms with Crippen LogP contribution in [0, 0.1) is 0 Å². The van der Waals surface area contributed by atoms with E-state index in [1.807, 2.05) is 6.92 Å². The Morgan fingerprint density at radius 2 is 1.45 bits per heavy atom. The first-order valence-corrected chi connectivity index (χ1v) is 8.38. The molecule has 20 heavy (non-hydrogen) atoms. The highest BCUT2D eigenvalue weighted by atomic mass is 31.2. The maximum Gasteiger partial charge on any atom is 0.469 e. The van der Waals surface area contributed by atoms with Gasteiger partial charge in [0.25, 0.3) is 0 Å². The van der Waals surface area contributed by atoms with Crippen molar-refractivity contribution in [2.45, 2.75) is 53.4 Å². The Labute approximate surface area is 122 Å². The number of hydrogen-bond acceptors (Lipinski definition) is 2. The molecule has 0 saturated heterocycles. The van der Waals surface area contributed by atoms with Crippen LogP contribution in [0.5, 0.6) is 0 Å². The molecule has 0 amide bonds. The van der Waals surface area contributed by atoms with Crippen LogP contribution in [-0.2, 0) is 9.09 Å². The fraction of sp³-hybridized carbons (Fsp3) is 0.600. The number of rotatable bonds is 9. The van der Waals surface area contributed by atoms with Gasteiger partial charge in [-0.1, -0.05) is 34.9 Å². The van der Waals surface area contributed by atoms with Gasteiger partial charge in [-0.3, -0.25) is 4.52 Å². The molecule has 0 heterocycles. The van der Waals surface area contributed by atoms with Crippen LogP contribution in [0.3, 0.4) is 0 Å². The van der Waals surface area contributed by atoms with Crippen molar-refractivity contribution in [3.05, 3.63) is 34.9 Å². The molecule has 0 radical (unpaired) electrons.